The summed E-state index contributed by atoms with van der Waals surface area (Å²) in [6, 6.07) is 9.40. The molecule has 1 N–H and O–H groups in total. The number of piperazine rings is 1. The second-order valence-corrected chi connectivity index (χ2v) is 8.51. The molecule has 3 heterocycles. The van der Waals surface area contributed by atoms with E-state index in [2.05, 4.69) is 49.7 Å². The van der Waals surface area contributed by atoms with E-state index in [0.29, 0.717) is 35.9 Å². The first kappa shape index (κ1) is 22.4. The van der Waals surface area contributed by atoms with Gasteiger partial charge in [0.05, 0.1) is 28.7 Å². The molecule has 0 radical (unpaired) electrons. The Balaban J connectivity index is 1.56. The van der Waals surface area contributed by atoms with Crippen LogP contribution in [0.15, 0.2) is 36.7 Å². The summed E-state index contributed by atoms with van der Waals surface area (Å²) in [5, 5.41) is 12.8. The normalized spacial score (nSPS) is 14.4. The van der Waals surface area contributed by atoms with Gasteiger partial charge in [0, 0.05) is 44.1 Å². The third-order valence-corrected chi connectivity index (χ3v) is 5.83. The van der Waals surface area contributed by atoms with Crippen molar-refractivity contribution in [1.82, 2.24) is 29.3 Å². The molecule has 0 saturated carbocycles. The maximum absolute atomic E-state index is 12.9. The van der Waals surface area contributed by atoms with Crippen molar-refractivity contribution in [2.24, 2.45) is 0 Å². The predicted molar refractivity (Wildman–Crippen MR) is 126 cm³/mol. The van der Waals surface area contributed by atoms with Gasteiger partial charge in [-0.05, 0) is 52.1 Å². The van der Waals surface area contributed by atoms with Crippen LogP contribution in [0.4, 0.5) is 11.6 Å². The number of amides is 1. The highest BCUT2D eigenvalue weighted by Gasteiger charge is 2.23. The van der Waals surface area contributed by atoms with E-state index in [9.17, 15) is 10.1 Å². The Kier molecular flexibility index (Phi) is 6.38. The number of nitriles is 1. The Bertz CT molecular complexity index is 1200. The molecule has 0 unspecified atom stereocenters. The molecule has 1 aromatic carbocycles. The fraction of sp³-hybridized carbons (Fsp3) is 0.375. The molecule has 2 aromatic heterocycles. The number of rotatable bonds is 5. The molecule has 33 heavy (non-hydrogen) atoms. The summed E-state index contributed by atoms with van der Waals surface area (Å²) in [6.45, 7) is 9.16. The summed E-state index contributed by atoms with van der Waals surface area (Å²) in [4.78, 5) is 30.3. The Labute approximate surface area is 193 Å². The van der Waals surface area contributed by atoms with Gasteiger partial charge in [-0.15, -0.1) is 0 Å². The van der Waals surface area contributed by atoms with Gasteiger partial charge in [0.25, 0.3) is 5.91 Å². The van der Waals surface area contributed by atoms with Crippen molar-refractivity contribution in [2.75, 3.05) is 38.5 Å². The first-order valence-corrected chi connectivity index (χ1v) is 11.0. The molecule has 170 valence electrons. The third kappa shape index (κ3) is 4.71. The lowest BCUT2D eigenvalue weighted by Gasteiger charge is -2.32. The monoisotopic (exact) mass is 444 g/mol. The molecule has 0 bridgehead atoms. The number of carbonyl (C=O) groups is 1. The highest BCUT2D eigenvalue weighted by molar-refractivity contribution is 5.97. The van der Waals surface area contributed by atoms with E-state index in [-0.39, 0.29) is 11.9 Å². The van der Waals surface area contributed by atoms with Crippen molar-refractivity contribution in [3.05, 3.63) is 53.6 Å². The van der Waals surface area contributed by atoms with E-state index in [4.69, 9.17) is 0 Å². The molecular formula is C24H28N8O. The average Bonchev–Trinajstić information content (AvgIpc) is 3.21. The molecule has 3 aromatic rings. The number of aryl methyl sites for hydroxylation is 1. The van der Waals surface area contributed by atoms with Crippen LogP contribution >= 0.6 is 0 Å². The van der Waals surface area contributed by atoms with Gasteiger partial charge in [-0.25, -0.2) is 15.0 Å². The molecule has 9 heteroatoms. The molecule has 0 aliphatic carbocycles. The first-order chi connectivity index (χ1) is 15.9. The van der Waals surface area contributed by atoms with E-state index in [1.165, 1.54) is 0 Å². The summed E-state index contributed by atoms with van der Waals surface area (Å²) in [6.07, 6.45) is 3.50. The smallest absolute Gasteiger partial charge is 0.255 e. The number of likely N-dealkylation sites (N-methyl/N-ethyl adjacent to an activating group) is 1. The Morgan fingerprint density at radius 2 is 1.91 bits per heavy atom. The summed E-state index contributed by atoms with van der Waals surface area (Å²) in [5.41, 5.74) is 3.06. The second kappa shape index (κ2) is 9.38. The zero-order valence-corrected chi connectivity index (χ0v) is 19.4. The lowest BCUT2D eigenvalue weighted by Crippen LogP contribution is -2.47. The number of carbonyl (C=O) groups excluding carboxylic acids is 1. The average molecular weight is 445 g/mol. The summed E-state index contributed by atoms with van der Waals surface area (Å²) < 4.78 is 2.12. The van der Waals surface area contributed by atoms with Crippen LogP contribution in [-0.2, 0) is 0 Å². The quantitative estimate of drug-likeness (QED) is 0.644. The fourth-order valence-corrected chi connectivity index (χ4v) is 4.07. The number of anilines is 2. The highest BCUT2D eigenvalue weighted by atomic mass is 16.2. The van der Waals surface area contributed by atoms with Gasteiger partial charge in [0.2, 0.25) is 5.95 Å². The van der Waals surface area contributed by atoms with Crippen LogP contribution in [0.25, 0.3) is 11.4 Å². The number of hydrogen-bond donors (Lipinski definition) is 1. The molecule has 1 fully saturated rings. The third-order valence-electron chi connectivity index (χ3n) is 5.83. The van der Waals surface area contributed by atoms with Gasteiger partial charge < -0.3 is 19.7 Å². The van der Waals surface area contributed by atoms with Crippen molar-refractivity contribution in [3.63, 3.8) is 0 Å². The zero-order chi connectivity index (χ0) is 23.5. The van der Waals surface area contributed by atoms with Crippen molar-refractivity contribution < 1.29 is 4.79 Å². The molecule has 1 aliphatic heterocycles. The van der Waals surface area contributed by atoms with Crippen LogP contribution in [0.1, 0.15) is 41.6 Å². The summed E-state index contributed by atoms with van der Waals surface area (Å²) in [7, 11) is 2.04. The van der Waals surface area contributed by atoms with E-state index in [1.807, 2.05) is 26.2 Å². The number of nitrogens with one attached hydrogen (secondary N) is 1. The second-order valence-electron chi connectivity index (χ2n) is 8.51. The van der Waals surface area contributed by atoms with Crippen LogP contribution in [0.2, 0.25) is 0 Å². The molecule has 0 atom stereocenters. The zero-order valence-electron chi connectivity index (χ0n) is 19.4. The Morgan fingerprint density at radius 3 is 2.61 bits per heavy atom. The van der Waals surface area contributed by atoms with Gasteiger partial charge in [-0.3, -0.25) is 4.79 Å². The molecule has 1 aliphatic rings. The maximum atomic E-state index is 12.9. The predicted octanol–water partition coefficient (Wildman–Crippen LogP) is 3.23. The Morgan fingerprint density at radius 1 is 1.15 bits per heavy atom. The van der Waals surface area contributed by atoms with Crippen molar-refractivity contribution in [1.29, 1.82) is 5.26 Å². The minimum absolute atomic E-state index is 0.109. The number of imidazole rings is 1. The van der Waals surface area contributed by atoms with Crippen molar-refractivity contribution in [2.45, 2.75) is 26.8 Å². The molecule has 1 saturated heterocycles. The van der Waals surface area contributed by atoms with Crippen LogP contribution in [0.5, 0.6) is 0 Å². The molecule has 4 rings (SSSR count). The van der Waals surface area contributed by atoms with Gasteiger partial charge in [-0.1, -0.05) is 0 Å². The summed E-state index contributed by atoms with van der Waals surface area (Å²) >= 11 is 0. The molecule has 0 spiro atoms. The number of aromatic nitrogens is 4. The standard InChI is InChI=1S/C24H28N8O/c1-16(2)32-17(3)27-15-22(32)21-7-8-26-24(29-21)28-19-5-6-20(18(13-19)14-25)23(33)31-11-9-30(4)10-12-31/h5-8,13,15-16H,9-12H2,1-4H3,(H,26,28,29). The number of hydrogen-bond acceptors (Lipinski definition) is 7. The largest absolute Gasteiger partial charge is 0.336 e. The van der Waals surface area contributed by atoms with Crippen LogP contribution in [-0.4, -0.2) is 68.5 Å². The Hall–Kier alpha value is -3.77. The van der Waals surface area contributed by atoms with Crippen molar-refractivity contribution in [3.8, 4) is 17.5 Å². The van der Waals surface area contributed by atoms with Gasteiger partial charge in [0.1, 0.15) is 11.9 Å². The SMILES string of the molecule is Cc1ncc(-c2ccnc(Nc3ccc(C(=O)N4CCN(C)CC4)c(C#N)c3)n2)n1C(C)C. The maximum Gasteiger partial charge on any atom is 0.255 e. The van der Waals surface area contributed by atoms with Crippen LogP contribution in [0, 0.1) is 18.3 Å². The number of benzene rings is 1. The topological polar surface area (TPSA) is 103 Å². The van der Waals surface area contributed by atoms with Gasteiger partial charge >= 0.3 is 0 Å². The minimum Gasteiger partial charge on any atom is -0.336 e. The van der Waals surface area contributed by atoms with E-state index in [1.54, 1.807) is 29.3 Å². The van der Waals surface area contributed by atoms with E-state index >= 15 is 0 Å². The molecular weight excluding hydrogens is 416 g/mol. The van der Waals surface area contributed by atoms with Crippen molar-refractivity contribution >= 4 is 17.5 Å². The molecule has 9 nitrogen and oxygen atoms in total. The molecule has 1 amide bonds. The van der Waals surface area contributed by atoms with E-state index in [0.717, 1.165) is 30.3 Å². The van der Waals surface area contributed by atoms with Gasteiger partial charge in [-0.2, -0.15) is 5.26 Å². The lowest BCUT2D eigenvalue weighted by molar-refractivity contribution is 0.0664. The minimum atomic E-state index is -0.109. The first-order valence-electron chi connectivity index (χ1n) is 11.0. The lowest BCUT2D eigenvalue weighted by atomic mass is 10.1. The van der Waals surface area contributed by atoms with Crippen LogP contribution in [0.3, 0.4) is 0 Å². The van der Waals surface area contributed by atoms with Gasteiger partial charge in [0.15, 0.2) is 0 Å². The van der Waals surface area contributed by atoms with E-state index < -0.39 is 0 Å². The summed E-state index contributed by atoms with van der Waals surface area (Å²) in [5.74, 6) is 1.22. The fourth-order valence-electron chi connectivity index (χ4n) is 4.07. The van der Waals surface area contributed by atoms with Crippen LogP contribution < -0.4 is 5.32 Å². The number of nitrogens with zero attached hydrogens (tertiary/aromatic N) is 7. The highest BCUT2D eigenvalue weighted by Crippen LogP contribution is 2.25.